The molecule has 0 aliphatic carbocycles. The number of piperidine rings is 1. The quantitative estimate of drug-likeness (QED) is 0.844. The van der Waals surface area contributed by atoms with Crippen LogP contribution in [0, 0.1) is 19.8 Å². The lowest BCUT2D eigenvalue weighted by atomic mass is 10.0. The zero-order valence-corrected chi connectivity index (χ0v) is 10.3. The zero-order chi connectivity index (χ0) is 11.4. The summed E-state index contributed by atoms with van der Waals surface area (Å²) in [6, 6.07) is 6.33. The second kappa shape index (κ2) is 5.35. The van der Waals surface area contributed by atoms with Gasteiger partial charge in [-0.3, -0.25) is 0 Å². The zero-order valence-electron chi connectivity index (χ0n) is 10.3. The van der Waals surface area contributed by atoms with Gasteiger partial charge in [0.25, 0.3) is 0 Å². The maximum Gasteiger partial charge on any atom is 0.119 e. The van der Waals surface area contributed by atoms with Crippen molar-refractivity contribution in [3.63, 3.8) is 0 Å². The van der Waals surface area contributed by atoms with Crippen LogP contribution in [0.15, 0.2) is 18.2 Å². The third kappa shape index (κ3) is 2.99. The molecule has 1 aliphatic heterocycles. The molecule has 0 spiro atoms. The Kier molecular flexibility index (Phi) is 3.83. The summed E-state index contributed by atoms with van der Waals surface area (Å²) in [7, 11) is 0. The van der Waals surface area contributed by atoms with E-state index in [2.05, 4.69) is 37.4 Å². The summed E-state index contributed by atoms with van der Waals surface area (Å²) < 4.78 is 5.84. The minimum absolute atomic E-state index is 0.676. The minimum Gasteiger partial charge on any atom is -0.493 e. The summed E-state index contributed by atoms with van der Waals surface area (Å²) in [5.74, 6) is 1.68. The van der Waals surface area contributed by atoms with Crippen LogP contribution in [0.4, 0.5) is 0 Å². The Morgan fingerprint density at radius 3 is 2.88 bits per heavy atom. The average Bonchev–Trinajstić information content (AvgIpc) is 2.32. The van der Waals surface area contributed by atoms with Crippen molar-refractivity contribution < 1.29 is 4.74 Å². The highest BCUT2D eigenvalue weighted by molar-refractivity contribution is 5.33. The van der Waals surface area contributed by atoms with Crippen LogP contribution < -0.4 is 10.1 Å². The number of hydrogen-bond acceptors (Lipinski definition) is 2. The Balaban J connectivity index is 1.86. The second-order valence-electron chi connectivity index (χ2n) is 4.77. The number of aryl methyl sites for hydroxylation is 2. The summed E-state index contributed by atoms with van der Waals surface area (Å²) in [4.78, 5) is 0. The molecule has 16 heavy (non-hydrogen) atoms. The van der Waals surface area contributed by atoms with Gasteiger partial charge in [-0.25, -0.2) is 0 Å². The topological polar surface area (TPSA) is 21.3 Å². The summed E-state index contributed by atoms with van der Waals surface area (Å²) >= 11 is 0. The smallest absolute Gasteiger partial charge is 0.119 e. The van der Waals surface area contributed by atoms with Crippen LogP contribution >= 0.6 is 0 Å². The molecule has 1 heterocycles. The molecule has 0 bridgehead atoms. The number of nitrogens with one attached hydrogen (secondary N) is 1. The molecular formula is C14H21NO. The van der Waals surface area contributed by atoms with E-state index in [-0.39, 0.29) is 0 Å². The van der Waals surface area contributed by atoms with E-state index in [0.717, 1.165) is 18.9 Å². The van der Waals surface area contributed by atoms with Gasteiger partial charge >= 0.3 is 0 Å². The Labute approximate surface area is 98.0 Å². The van der Waals surface area contributed by atoms with Crippen molar-refractivity contribution >= 4 is 0 Å². The fraction of sp³-hybridized carbons (Fsp3) is 0.571. The van der Waals surface area contributed by atoms with Crippen molar-refractivity contribution in [3.8, 4) is 5.75 Å². The van der Waals surface area contributed by atoms with Crippen LogP contribution in [0.3, 0.4) is 0 Å². The Hall–Kier alpha value is -1.02. The van der Waals surface area contributed by atoms with Crippen LogP contribution in [-0.4, -0.2) is 19.7 Å². The molecule has 1 unspecified atom stereocenters. The van der Waals surface area contributed by atoms with Crippen molar-refractivity contribution in [2.45, 2.75) is 26.7 Å². The predicted octanol–water partition coefficient (Wildman–Crippen LogP) is 2.68. The molecule has 2 nitrogen and oxygen atoms in total. The van der Waals surface area contributed by atoms with Gasteiger partial charge in [0, 0.05) is 12.5 Å². The fourth-order valence-corrected chi connectivity index (χ4v) is 2.08. The molecule has 0 aromatic heterocycles. The molecule has 1 N–H and O–H groups in total. The van der Waals surface area contributed by atoms with E-state index in [0.29, 0.717) is 5.92 Å². The SMILES string of the molecule is Cc1ccc(OCC2CCCNC2)cc1C. The lowest BCUT2D eigenvalue weighted by Gasteiger charge is -2.22. The molecule has 0 radical (unpaired) electrons. The first-order valence-electron chi connectivity index (χ1n) is 6.16. The van der Waals surface area contributed by atoms with Gasteiger partial charge in [-0.15, -0.1) is 0 Å². The number of ether oxygens (including phenoxy) is 1. The van der Waals surface area contributed by atoms with Gasteiger partial charge in [0.2, 0.25) is 0 Å². The summed E-state index contributed by atoms with van der Waals surface area (Å²) in [5, 5.41) is 3.41. The monoisotopic (exact) mass is 219 g/mol. The molecule has 1 aromatic carbocycles. The molecule has 2 rings (SSSR count). The largest absolute Gasteiger partial charge is 0.493 e. The van der Waals surface area contributed by atoms with Gasteiger partial charge in [-0.1, -0.05) is 6.07 Å². The molecule has 1 aliphatic rings. The van der Waals surface area contributed by atoms with Crippen molar-refractivity contribution in [1.82, 2.24) is 5.32 Å². The van der Waals surface area contributed by atoms with Crippen LogP contribution in [0.1, 0.15) is 24.0 Å². The highest BCUT2D eigenvalue weighted by Crippen LogP contribution is 2.18. The third-order valence-electron chi connectivity index (χ3n) is 3.36. The summed E-state index contributed by atoms with van der Waals surface area (Å²) in [6.07, 6.45) is 2.57. The summed E-state index contributed by atoms with van der Waals surface area (Å²) in [6.45, 7) is 7.37. The number of rotatable bonds is 3. The minimum atomic E-state index is 0.676. The van der Waals surface area contributed by atoms with E-state index >= 15 is 0 Å². The van der Waals surface area contributed by atoms with Gasteiger partial charge < -0.3 is 10.1 Å². The van der Waals surface area contributed by atoms with Crippen molar-refractivity contribution in [1.29, 1.82) is 0 Å². The predicted molar refractivity (Wildman–Crippen MR) is 67.0 cm³/mol. The average molecular weight is 219 g/mol. The first kappa shape index (κ1) is 11.5. The molecule has 88 valence electrons. The molecule has 1 fully saturated rings. The van der Waals surface area contributed by atoms with E-state index < -0.39 is 0 Å². The molecule has 2 heteroatoms. The fourth-order valence-electron chi connectivity index (χ4n) is 2.08. The standard InChI is InChI=1S/C14H21NO/c1-11-5-6-14(8-12(11)2)16-10-13-4-3-7-15-9-13/h5-6,8,13,15H,3-4,7,9-10H2,1-2H3. The van der Waals surface area contributed by atoms with Gasteiger partial charge in [0.05, 0.1) is 6.61 Å². The van der Waals surface area contributed by atoms with E-state index in [9.17, 15) is 0 Å². The van der Waals surface area contributed by atoms with Crippen LogP contribution in [-0.2, 0) is 0 Å². The van der Waals surface area contributed by atoms with E-state index in [1.54, 1.807) is 0 Å². The Morgan fingerprint density at radius 1 is 1.31 bits per heavy atom. The van der Waals surface area contributed by atoms with E-state index in [1.807, 2.05) is 0 Å². The Bertz CT molecular complexity index is 343. The molecular weight excluding hydrogens is 198 g/mol. The number of hydrogen-bond donors (Lipinski definition) is 1. The van der Waals surface area contributed by atoms with E-state index in [1.165, 1.54) is 30.5 Å². The first-order valence-corrected chi connectivity index (χ1v) is 6.16. The molecule has 1 aromatic rings. The van der Waals surface area contributed by atoms with Gasteiger partial charge in [-0.05, 0) is 56.5 Å². The van der Waals surface area contributed by atoms with Gasteiger partial charge in [-0.2, -0.15) is 0 Å². The molecule has 1 saturated heterocycles. The Morgan fingerprint density at radius 2 is 2.19 bits per heavy atom. The van der Waals surface area contributed by atoms with Gasteiger partial charge in [0.1, 0.15) is 5.75 Å². The third-order valence-corrected chi connectivity index (χ3v) is 3.36. The summed E-state index contributed by atoms with van der Waals surface area (Å²) in [5.41, 5.74) is 2.63. The first-order chi connectivity index (χ1) is 7.75. The van der Waals surface area contributed by atoms with Crippen LogP contribution in [0.25, 0.3) is 0 Å². The normalized spacial score (nSPS) is 20.8. The molecule has 1 atom stereocenters. The highest BCUT2D eigenvalue weighted by atomic mass is 16.5. The number of benzene rings is 1. The highest BCUT2D eigenvalue weighted by Gasteiger charge is 2.13. The maximum absolute atomic E-state index is 5.84. The maximum atomic E-state index is 5.84. The molecule has 0 saturated carbocycles. The van der Waals surface area contributed by atoms with Crippen molar-refractivity contribution in [2.24, 2.45) is 5.92 Å². The molecule has 0 amide bonds. The van der Waals surface area contributed by atoms with Crippen molar-refractivity contribution in [2.75, 3.05) is 19.7 Å². The van der Waals surface area contributed by atoms with Gasteiger partial charge in [0.15, 0.2) is 0 Å². The van der Waals surface area contributed by atoms with Crippen LogP contribution in [0.5, 0.6) is 5.75 Å². The van der Waals surface area contributed by atoms with E-state index in [4.69, 9.17) is 4.74 Å². The lowest BCUT2D eigenvalue weighted by molar-refractivity contribution is 0.218. The van der Waals surface area contributed by atoms with Crippen molar-refractivity contribution in [3.05, 3.63) is 29.3 Å². The second-order valence-corrected chi connectivity index (χ2v) is 4.77. The lowest BCUT2D eigenvalue weighted by Crippen LogP contribution is -2.33. The van der Waals surface area contributed by atoms with Crippen LogP contribution in [0.2, 0.25) is 0 Å².